The van der Waals surface area contributed by atoms with Gasteiger partial charge in [0, 0.05) is 24.7 Å². The number of nitrogens with one attached hydrogen (secondary N) is 2. The summed E-state index contributed by atoms with van der Waals surface area (Å²) in [5.74, 6) is 0. The summed E-state index contributed by atoms with van der Waals surface area (Å²) < 4.78 is 26.9. The molecule has 0 radical (unpaired) electrons. The van der Waals surface area contributed by atoms with Crippen molar-refractivity contribution in [2.24, 2.45) is 0 Å². The van der Waals surface area contributed by atoms with Gasteiger partial charge in [0.1, 0.15) is 0 Å². The predicted octanol–water partition coefficient (Wildman–Crippen LogP) is 1.49. The lowest BCUT2D eigenvalue weighted by molar-refractivity contribution is -0.385. The number of hydrogen-bond donors (Lipinski definition) is 2. The van der Waals surface area contributed by atoms with Crippen LogP contribution in [-0.2, 0) is 10.0 Å². The summed E-state index contributed by atoms with van der Waals surface area (Å²) in [5.41, 5.74) is 0.748. The molecule has 0 bridgehead atoms. The van der Waals surface area contributed by atoms with Crippen LogP contribution in [0.4, 0.5) is 5.69 Å². The topological polar surface area (TPSA) is 101 Å². The van der Waals surface area contributed by atoms with E-state index in [1.807, 2.05) is 6.92 Å². The second-order valence-corrected chi connectivity index (χ2v) is 6.54. The van der Waals surface area contributed by atoms with Crippen LogP contribution in [0.5, 0.6) is 0 Å². The van der Waals surface area contributed by atoms with Gasteiger partial charge in [0.15, 0.2) is 0 Å². The molecule has 0 unspecified atom stereocenters. The fourth-order valence-electron chi connectivity index (χ4n) is 1.96. The Morgan fingerprint density at radius 3 is 2.38 bits per heavy atom. The second-order valence-electron chi connectivity index (χ2n) is 4.81. The average molecular weight is 315 g/mol. The fourth-order valence-corrected chi connectivity index (χ4v) is 3.24. The highest BCUT2D eigenvalue weighted by Gasteiger charge is 2.22. The van der Waals surface area contributed by atoms with E-state index in [2.05, 4.69) is 10.0 Å². The summed E-state index contributed by atoms with van der Waals surface area (Å²) in [6.07, 6.45) is 0.968. The van der Waals surface area contributed by atoms with Crippen molar-refractivity contribution in [2.75, 3.05) is 19.6 Å². The lowest BCUT2D eigenvalue weighted by Gasteiger charge is -2.10. The maximum Gasteiger partial charge on any atom is 0.273 e. The lowest BCUT2D eigenvalue weighted by atomic mass is 10.1. The summed E-state index contributed by atoms with van der Waals surface area (Å²) >= 11 is 0. The van der Waals surface area contributed by atoms with Gasteiger partial charge in [-0.05, 0) is 38.4 Å². The first kappa shape index (κ1) is 17.5. The first-order valence-corrected chi connectivity index (χ1v) is 8.24. The molecule has 0 heterocycles. The van der Waals surface area contributed by atoms with E-state index in [4.69, 9.17) is 0 Å². The van der Waals surface area contributed by atoms with Crippen LogP contribution in [0.1, 0.15) is 24.5 Å². The van der Waals surface area contributed by atoms with Crippen molar-refractivity contribution in [1.82, 2.24) is 10.0 Å². The number of rotatable bonds is 8. The van der Waals surface area contributed by atoms with E-state index < -0.39 is 14.9 Å². The number of nitro benzene ring substituents is 1. The van der Waals surface area contributed by atoms with Gasteiger partial charge in [-0.3, -0.25) is 10.1 Å². The molecule has 0 aromatic heterocycles. The van der Waals surface area contributed by atoms with Crippen LogP contribution in [0.15, 0.2) is 17.0 Å². The van der Waals surface area contributed by atoms with Crippen molar-refractivity contribution in [3.05, 3.63) is 33.4 Å². The maximum absolute atomic E-state index is 12.2. The zero-order chi connectivity index (χ0) is 16.0. The number of benzene rings is 1. The van der Waals surface area contributed by atoms with E-state index in [0.29, 0.717) is 17.7 Å². The third-order valence-electron chi connectivity index (χ3n) is 3.00. The highest BCUT2D eigenvalue weighted by Crippen LogP contribution is 2.25. The molecule has 7 nitrogen and oxygen atoms in total. The third-order valence-corrected chi connectivity index (χ3v) is 4.60. The Kier molecular flexibility index (Phi) is 6.25. The Labute approximate surface area is 124 Å². The second kappa shape index (κ2) is 7.48. The molecule has 1 rings (SSSR count). The van der Waals surface area contributed by atoms with Crippen molar-refractivity contribution in [3.8, 4) is 0 Å². The summed E-state index contributed by atoms with van der Waals surface area (Å²) in [6, 6.07) is 2.63. The van der Waals surface area contributed by atoms with Gasteiger partial charge in [-0.15, -0.1) is 0 Å². The molecule has 118 valence electrons. The van der Waals surface area contributed by atoms with Gasteiger partial charge in [-0.1, -0.05) is 6.92 Å². The van der Waals surface area contributed by atoms with Crippen LogP contribution in [-0.4, -0.2) is 33.0 Å². The number of aryl methyl sites for hydroxylation is 2. The maximum atomic E-state index is 12.2. The summed E-state index contributed by atoms with van der Waals surface area (Å²) in [5, 5.41) is 14.0. The minimum atomic E-state index is -3.75. The van der Waals surface area contributed by atoms with Crippen LogP contribution in [0.2, 0.25) is 0 Å². The van der Waals surface area contributed by atoms with Crippen LogP contribution in [0.25, 0.3) is 0 Å². The van der Waals surface area contributed by atoms with Gasteiger partial charge in [0.2, 0.25) is 10.0 Å². The van der Waals surface area contributed by atoms with Crippen molar-refractivity contribution in [1.29, 1.82) is 0 Å². The summed E-state index contributed by atoms with van der Waals surface area (Å²) in [7, 11) is -3.75. The van der Waals surface area contributed by atoms with Crippen molar-refractivity contribution in [2.45, 2.75) is 32.1 Å². The minimum absolute atomic E-state index is 0.0460. The Morgan fingerprint density at radius 1 is 1.14 bits per heavy atom. The predicted molar refractivity (Wildman–Crippen MR) is 80.9 cm³/mol. The standard InChI is InChI=1S/C13H21N3O4S/c1-4-5-14-6-7-15-21(19,20)13-9-12(16(17)18)10(2)8-11(13)3/h8-9,14-15H,4-7H2,1-3H3. The molecule has 21 heavy (non-hydrogen) atoms. The molecule has 0 atom stereocenters. The van der Waals surface area contributed by atoms with E-state index in [9.17, 15) is 18.5 Å². The van der Waals surface area contributed by atoms with Gasteiger partial charge >= 0.3 is 0 Å². The lowest BCUT2D eigenvalue weighted by Crippen LogP contribution is -2.32. The smallest absolute Gasteiger partial charge is 0.273 e. The average Bonchev–Trinajstić information content (AvgIpc) is 2.37. The molecule has 1 aromatic carbocycles. The zero-order valence-corrected chi connectivity index (χ0v) is 13.3. The fraction of sp³-hybridized carbons (Fsp3) is 0.538. The molecule has 0 spiro atoms. The van der Waals surface area contributed by atoms with Crippen LogP contribution < -0.4 is 10.0 Å². The molecule has 0 aliphatic heterocycles. The Hall–Kier alpha value is -1.51. The molecule has 1 aromatic rings. The van der Waals surface area contributed by atoms with Crippen molar-refractivity contribution in [3.63, 3.8) is 0 Å². The number of sulfonamides is 1. The van der Waals surface area contributed by atoms with Gasteiger partial charge in [0.25, 0.3) is 5.69 Å². The molecule has 0 saturated carbocycles. The quantitative estimate of drug-likeness (QED) is 0.430. The minimum Gasteiger partial charge on any atom is -0.315 e. The molecule has 0 amide bonds. The van der Waals surface area contributed by atoms with E-state index >= 15 is 0 Å². The Morgan fingerprint density at radius 2 is 1.81 bits per heavy atom. The molecule has 0 saturated heterocycles. The van der Waals surface area contributed by atoms with E-state index in [0.717, 1.165) is 19.0 Å². The third kappa shape index (κ3) is 4.76. The highest BCUT2D eigenvalue weighted by molar-refractivity contribution is 7.89. The van der Waals surface area contributed by atoms with Gasteiger partial charge in [0.05, 0.1) is 9.82 Å². The summed E-state index contributed by atoms with van der Waals surface area (Å²) in [4.78, 5) is 10.3. The highest BCUT2D eigenvalue weighted by atomic mass is 32.2. The van der Waals surface area contributed by atoms with Crippen molar-refractivity contribution < 1.29 is 13.3 Å². The van der Waals surface area contributed by atoms with E-state index in [1.54, 1.807) is 13.8 Å². The Bertz CT molecular complexity index is 614. The van der Waals surface area contributed by atoms with E-state index in [-0.39, 0.29) is 17.1 Å². The molecule has 8 heteroatoms. The first-order chi connectivity index (χ1) is 9.79. The number of hydrogen-bond acceptors (Lipinski definition) is 5. The van der Waals surface area contributed by atoms with Crippen LogP contribution >= 0.6 is 0 Å². The number of nitro groups is 1. The molecule has 0 fully saturated rings. The normalized spacial score (nSPS) is 11.6. The van der Waals surface area contributed by atoms with Gasteiger partial charge < -0.3 is 5.32 Å². The SMILES string of the molecule is CCCNCCNS(=O)(=O)c1cc([N+](=O)[O-])c(C)cc1C. The van der Waals surface area contributed by atoms with Gasteiger partial charge in [-0.2, -0.15) is 0 Å². The van der Waals surface area contributed by atoms with Crippen LogP contribution in [0, 0.1) is 24.0 Å². The molecular weight excluding hydrogens is 294 g/mol. The van der Waals surface area contributed by atoms with E-state index in [1.165, 1.54) is 6.07 Å². The molecule has 0 aliphatic carbocycles. The molecular formula is C13H21N3O4S. The first-order valence-electron chi connectivity index (χ1n) is 6.75. The zero-order valence-electron chi connectivity index (χ0n) is 12.5. The Balaban J connectivity index is 2.92. The number of nitrogens with zero attached hydrogens (tertiary/aromatic N) is 1. The largest absolute Gasteiger partial charge is 0.315 e. The van der Waals surface area contributed by atoms with Gasteiger partial charge in [-0.25, -0.2) is 13.1 Å². The summed E-state index contributed by atoms with van der Waals surface area (Å²) in [6.45, 7) is 6.80. The van der Waals surface area contributed by atoms with Crippen molar-refractivity contribution >= 4 is 15.7 Å². The molecule has 2 N–H and O–H groups in total. The monoisotopic (exact) mass is 315 g/mol. The van der Waals surface area contributed by atoms with Crippen LogP contribution in [0.3, 0.4) is 0 Å². The molecule has 0 aliphatic rings.